The second kappa shape index (κ2) is 7.88. The van der Waals surface area contributed by atoms with Gasteiger partial charge >= 0.3 is 0 Å². The maximum Gasteiger partial charge on any atom is 0.254 e. The fraction of sp³-hybridized carbons (Fsp3) is 0.217. The number of H-pyrrole nitrogens is 2. The Hall–Kier alpha value is -3.25. The smallest absolute Gasteiger partial charge is 0.254 e. The van der Waals surface area contributed by atoms with Crippen LogP contribution >= 0.6 is 11.6 Å². The van der Waals surface area contributed by atoms with E-state index in [0.29, 0.717) is 11.6 Å². The first kappa shape index (κ1) is 18.8. The fourth-order valence-corrected chi connectivity index (χ4v) is 4.17. The molecule has 6 nitrogen and oxygen atoms in total. The van der Waals surface area contributed by atoms with E-state index >= 15 is 0 Å². The number of benzene rings is 2. The molecule has 2 aromatic carbocycles. The van der Waals surface area contributed by atoms with Crippen molar-refractivity contribution in [1.29, 1.82) is 0 Å². The Kier molecular flexibility index (Phi) is 4.93. The molecule has 4 aromatic rings. The molecule has 0 atom stereocenters. The fourth-order valence-electron chi connectivity index (χ4n) is 4.04. The maximum atomic E-state index is 13.2. The van der Waals surface area contributed by atoms with Crippen molar-refractivity contribution in [2.45, 2.75) is 6.42 Å². The second-order valence-electron chi connectivity index (χ2n) is 7.52. The molecule has 1 amide bonds. The Morgan fingerprint density at radius 2 is 1.87 bits per heavy atom. The number of amides is 1. The third-order valence-corrected chi connectivity index (χ3v) is 5.90. The number of hydrogen-bond acceptors (Lipinski definition) is 3. The van der Waals surface area contributed by atoms with Gasteiger partial charge < -0.3 is 14.8 Å². The molecule has 0 unspecified atom stereocenters. The molecule has 0 radical (unpaired) electrons. The molecule has 2 aromatic heterocycles. The molecule has 5 rings (SSSR count). The molecule has 1 aliphatic rings. The summed E-state index contributed by atoms with van der Waals surface area (Å²) in [5, 5.41) is 9.31. The Balaban J connectivity index is 1.30. The number of aromatic nitrogens is 3. The van der Waals surface area contributed by atoms with Crippen molar-refractivity contribution in [3.05, 3.63) is 71.4 Å². The van der Waals surface area contributed by atoms with Gasteiger partial charge in [0.1, 0.15) is 0 Å². The predicted octanol–water partition coefficient (Wildman–Crippen LogP) is 4.56. The lowest BCUT2D eigenvalue weighted by atomic mass is 10.1. The molecule has 7 heteroatoms. The van der Waals surface area contributed by atoms with Crippen molar-refractivity contribution >= 4 is 34.2 Å². The zero-order chi connectivity index (χ0) is 20.5. The predicted molar refractivity (Wildman–Crippen MR) is 120 cm³/mol. The summed E-state index contributed by atoms with van der Waals surface area (Å²) in [6.07, 6.45) is 2.78. The Labute approximate surface area is 179 Å². The van der Waals surface area contributed by atoms with Crippen LogP contribution in [-0.2, 0) is 0 Å². The van der Waals surface area contributed by atoms with Gasteiger partial charge in [-0.1, -0.05) is 29.8 Å². The van der Waals surface area contributed by atoms with E-state index in [1.807, 2.05) is 59.6 Å². The van der Waals surface area contributed by atoms with Gasteiger partial charge in [0.15, 0.2) is 5.82 Å². The SMILES string of the molecule is O=C(c1cccc2[nH]ccc12)N1CCCN(c2cc(-c3ccc(Cl)cc3)[nH]n2)CC1. The lowest BCUT2D eigenvalue weighted by Crippen LogP contribution is -2.35. The van der Waals surface area contributed by atoms with Gasteiger partial charge in [0.25, 0.3) is 5.91 Å². The number of anilines is 1. The van der Waals surface area contributed by atoms with Gasteiger partial charge in [-0.3, -0.25) is 9.89 Å². The molecule has 152 valence electrons. The van der Waals surface area contributed by atoms with E-state index in [4.69, 9.17) is 11.6 Å². The first-order valence-corrected chi connectivity index (χ1v) is 10.5. The number of carbonyl (C=O) groups excluding carboxylic acids is 1. The van der Waals surface area contributed by atoms with Gasteiger partial charge in [-0.05, 0) is 42.3 Å². The van der Waals surface area contributed by atoms with Crippen LogP contribution in [0.4, 0.5) is 5.82 Å². The van der Waals surface area contributed by atoms with Crippen molar-refractivity contribution in [2.75, 3.05) is 31.1 Å². The quantitative estimate of drug-likeness (QED) is 0.511. The third kappa shape index (κ3) is 3.55. The number of aromatic amines is 2. The van der Waals surface area contributed by atoms with E-state index in [1.54, 1.807) is 0 Å². The van der Waals surface area contributed by atoms with Crippen molar-refractivity contribution in [1.82, 2.24) is 20.1 Å². The van der Waals surface area contributed by atoms with Crippen molar-refractivity contribution in [3.8, 4) is 11.3 Å². The molecule has 30 heavy (non-hydrogen) atoms. The van der Waals surface area contributed by atoms with Crippen LogP contribution in [0.15, 0.2) is 60.8 Å². The Morgan fingerprint density at radius 3 is 2.73 bits per heavy atom. The van der Waals surface area contributed by atoms with E-state index in [9.17, 15) is 4.79 Å². The third-order valence-electron chi connectivity index (χ3n) is 5.65. The highest BCUT2D eigenvalue weighted by Gasteiger charge is 2.23. The van der Waals surface area contributed by atoms with E-state index in [1.165, 1.54) is 0 Å². The minimum Gasteiger partial charge on any atom is -0.361 e. The van der Waals surface area contributed by atoms with Crippen molar-refractivity contribution in [3.63, 3.8) is 0 Å². The van der Waals surface area contributed by atoms with Crippen LogP contribution < -0.4 is 4.90 Å². The van der Waals surface area contributed by atoms with Gasteiger partial charge in [0.05, 0.1) is 5.69 Å². The summed E-state index contributed by atoms with van der Waals surface area (Å²) in [6, 6.07) is 17.6. The van der Waals surface area contributed by atoms with Crippen LogP contribution in [0.5, 0.6) is 0 Å². The van der Waals surface area contributed by atoms with Crippen LogP contribution in [0.25, 0.3) is 22.2 Å². The minimum atomic E-state index is 0.0888. The van der Waals surface area contributed by atoms with Crippen LogP contribution in [0.1, 0.15) is 16.8 Å². The molecule has 0 aliphatic carbocycles. The second-order valence-corrected chi connectivity index (χ2v) is 7.96. The summed E-state index contributed by atoms with van der Waals surface area (Å²) in [5.74, 6) is 0.993. The molecular formula is C23H22ClN5O. The number of nitrogens with zero attached hydrogens (tertiary/aromatic N) is 3. The molecule has 1 fully saturated rings. The van der Waals surface area contributed by atoms with Gasteiger partial charge in [-0.15, -0.1) is 0 Å². The number of rotatable bonds is 3. The molecule has 0 bridgehead atoms. The highest BCUT2D eigenvalue weighted by molar-refractivity contribution is 6.30. The first-order valence-electron chi connectivity index (χ1n) is 10.1. The van der Waals surface area contributed by atoms with E-state index in [-0.39, 0.29) is 5.91 Å². The Morgan fingerprint density at radius 1 is 1.00 bits per heavy atom. The summed E-state index contributed by atoms with van der Waals surface area (Å²) in [4.78, 5) is 20.6. The van der Waals surface area contributed by atoms with Gasteiger partial charge in [0, 0.05) is 59.9 Å². The highest BCUT2D eigenvalue weighted by Crippen LogP contribution is 2.25. The number of halogens is 1. The van der Waals surface area contributed by atoms with E-state index < -0.39 is 0 Å². The van der Waals surface area contributed by atoms with Crippen LogP contribution in [0, 0.1) is 0 Å². The molecule has 2 N–H and O–H groups in total. The zero-order valence-corrected chi connectivity index (χ0v) is 17.2. The Bertz CT molecular complexity index is 1180. The topological polar surface area (TPSA) is 68.0 Å². The summed E-state index contributed by atoms with van der Waals surface area (Å²) in [6.45, 7) is 3.02. The van der Waals surface area contributed by atoms with Crippen LogP contribution in [0.3, 0.4) is 0 Å². The average molecular weight is 420 g/mol. The largest absolute Gasteiger partial charge is 0.361 e. The summed E-state index contributed by atoms with van der Waals surface area (Å²) in [5.41, 5.74) is 3.75. The maximum absolute atomic E-state index is 13.2. The minimum absolute atomic E-state index is 0.0888. The molecule has 0 saturated carbocycles. The van der Waals surface area contributed by atoms with Crippen molar-refractivity contribution < 1.29 is 4.79 Å². The van der Waals surface area contributed by atoms with Crippen molar-refractivity contribution in [2.24, 2.45) is 0 Å². The number of carbonyl (C=O) groups is 1. The summed E-state index contributed by atoms with van der Waals surface area (Å²) < 4.78 is 0. The molecule has 1 aliphatic heterocycles. The normalized spacial score (nSPS) is 14.8. The van der Waals surface area contributed by atoms with E-state index in [2.05, 4.69) is 26.1 Å². The van der Waals surface area contributed by atoms with Gasteiger partial charge in [0.2, 0.25) is 0 Å². The number of nitrogens with one attached hydrogen (secondary N) is 2. The summed E-state index contributed by atoms with van der Waals surface area (Å²) in [7, 11) is 0. The first-order chi connectivity index (χ1) is 14.7. The summed E-state index contributed by atoms with van der Waals surface area (Å²) >= 11 is 5.99. The number of hydrogen-bond donors (Lipinski definition) is 2. The lowest BCUT2D eigenvalue weighted by molar-refractivity contribution is 0.0769. The van der Waals surface area contributed by atoms with Crippen LogP contribution in [0.2, 0.25) is 5.02 Å². The van der Waals surface area contributed by atoms with Crippen LogP contribution in [-0.4, -0.2) is 52.2 Å². The van der Waals surface area contributed by atoms with E-state index in [0.717, 1.165) is 59.6 Å². The molecule has 1 saturated heterocycles. The molecule has 0 spiro atoms. The monoisotopic (exact) mass is 419 g/mol. The lowest BCUT2D eigenvalue weighted by Gasteiger charge is -2.22. The number of fused-ring (bicyclic) bond motifs is 1. The highest BCUT2D eigenvalue weighted by atomic mass is 35.5. The average Bonchev–Trinajstić information content (AvgIpc) is 3.38. The van der Waals surface area contributed by atoms with Gasteiger partial charge in [-0.25, -0.2) is 0 Å². The standard InChI is InChI=1S/C23H22ClN5O/c24-17-7-5-16(6-8-17)21-15-22(27-26-21)28-11-2-12-29(14-13-28)23(30)19-3-1-4-20-18(19)9-10-25-20/h1,3-10,15,25H,2,11-14H2,(H,26,27). The zero-order valence-electron chi connectivity index (χ0n) is 16.4. The molecular weight excluding hydrogens is 398 g/mol. The van der Waals surface area contributed by atoms with Gasteiger partial charge in [-0.2, -0.15) is 5.10 Å². The molecule has 3 heterocycles.